The summed E-state index contributed by atoms with van der Waals surface area (Å²) in [6.07, 6.45) is 6.32. The van der Waals surface area contributed by atoms with Crippen LogP contribution in [0.15, 0.2) is 43.0 Å². The van der Waals surface area contributed by atoms with Gasteiger partial charge in [0.1, 0.15) is 11.5 Å². The topological polar surface area (TPSA) is 173 Å². The number of nitrogen functional groups attached to an aromatic ring is 1. The summed E-state index contributed by atoms with van der Waals surface area (Å²) in [4.78, 5) is 51.0. The van der Waals surface area contributed by atoms with E-state index in [9.17, 15) is 9.59 Å². The first kappa shape index (κ1) is 25.7. The number of aromatic amines is 1. The summed E-state index contributed by atoms with van der Waals surface area (Å²) in [7, 11) is 5.35. The molecule has 0 radical (unpaired) electrons. The van der Waals surface area contributed by atoms with Crippen LogP contribution < -0.4 is 11.1 Å². The van der Waals surface area contributed by atoms with Crippen molar-refractivity contribution in [3.8, 4) is 11.1 Å². The Hall–Kier alpha value is -4.91. The third kappa shape index (κ3) is 5.25. The zero-order valence-electron chi connectivity index (χ0n) is 21.9. The maximum Gasteiger partial charge on any atom is 0.321 e. The van der Waals surface area contributed by atoms with Crippen molar-refractivity contribution in [2.75, 3.05) is 58.4 Å². The van der Waals surface area contributed by atoms with Crippen LogP contribution in [0.25, 0.3) is 22.3 Å². The highest BCUT2D eigenvalue weighted by Gasteiger charge is 2.21. The molecule has 0 aromatic carbocycles. The minimum Gasteiger partial charge on any atom is -0.383 e. The van der Waals surface area contributed by atoms with Crippen molar-refractivity contribution in [1.29, 1.82) is 5.41 Å². The number of nitrogens with zero attached hydrogens (tertiary/aromatic N) is 7. The van der Waals surface area contributed by atoms with E-state index in [1.807, 2.05) is 7.05 Å². The average Bonchev–Trinajstić information content (AvgIpc) is 3.37. The van der Waals surface area contributed by atoms with Crippen molar-refractivity contribution in [2.45, 2.75) is 0 Å². The number of hydrogen-bond acceptors (Lipinski definition) is 9. The van der Waals surface area contributed by atoms with E-state index >= 15 is 0 Å². The van der Waals surface area contributed by atoms with E-state index in [-0.39, 0.29) is 29.3 Å². The van der Waals surface area contributed by atoms with Crippen LogP contribution in [0.1, 0.15) is 21.7 Å². The Morgan fingerprint density at radius 3 is 2.54 bits per heavy atom. The minimum atomic E-state index is -0.209. The third-order valence-electron chi connectivity index (χ3n) is 6.57. The molecule has 5 heterocycles. The molecule has 4 aromatic heterocycles. The molecule has 13 heteroatoms. The number of hydrogen-bond donors (Lipinski definition) is 4. The standard InChI is InChI=1S/C26H29N11O2/c1-35(2)25(38)18-4-5-30-24-21(18)33-23(34-24)20(27)19-11-16(13-31-22(19)28)15-10-17(14-29-12-15)32-26(39)37-8-6-36(3)7-9-37/h4-5,10-14,27H,6-9H2,1-3H3,(H2,28,31)(H,32,39)(H,30,33,34). The molecule has 0 unspecified atom stereocenters. The molecule has 13 nitrogen and oxygen atoms in total. The largest absolute Gasteiger partial charge is 0.383 e. The van der Waals surface area contributed by atoms with Gasteiger partial charge in [-0.15, -0.1) is 0 Å². The Kier molecular flexibility index (Phi) is 6.90. The van der Waals surface area contributed by atoms with Gasteiger partial charge in [0, 0.05) is 75.6 Å². The van der Waals surface area contributed by atoms with Gasteiger partial charge in [0.2, 0.25) is 0 Å². The fraction of sp³-hybridized carbons (Fsp3) is 0.269. The van der Waals surface area contributed by atoms with E-state index in [0.29, 0.717) is 52.2 Å². The summed E-state index contributed by atoms with van der Waals surface area (Å²) in [5, 5.41) is 11.7. The number of H-pyrrole nitrogens is 1. The smallest absolute Gasteiger partial charge is 0.321 e. The molecule has 1 aliphatic heterocycles. The van der Waals surface area contributed by atoms with Crippen LogP contribution in [0.4, 0.5) is 16.3 Å². The van der Waals surface area contributed by atoms with Gasteiger partial charge in [-0.1, -0.05) is 0 Å². The molecular formula is C26H29N11O2. The summed E-state index contributed by atoms with van der Waals surface area (Å²) < 4.78 is 0. The number of likely N-dealkylation sites (N-methyl/N-ethyl adjacent to an activating group) is 1. The molecule has 0 saturated carbocycles. The van der Waals surface area contributed by atoms with Gasteiger partial charge in [0.25, 0.3) is 5.91 Å². The summed E-state index contributed by atoms with van der Waals surface area (Å²) in [5.41, 5.74) is 9.55. The summed E-state index contributed by atoms with van der Waals surface area (Å²) in [5.74, 6) is 0.141. The highest BCUT2D eigenvalue weighted by atomic mass is 16.2. The van der Waals surface area contributed by atoms with Crippen LogP contribution in [0.2, 0.25) is 0 Å². The third-order valence-corrected chi connectivity index (χ3v) is 6.57. The van der Waals surface area contributed by atoms with Gasteiger partial charge in [0.15, 0.2) is 11.5 Å². The van der Waals surface area contributed by atoms with Gasteiger partial charge in [-0.3, -0.25) is 15.2 Å². The Morgan fingerprint density at radius 1 is 1.05 bits per heavy atom. The number of pyridine rings is 3. The first-order valence-corrected chi connectivity index (χ1v) is 12.3. The number of nitrogens with one attached hydrogen (secondary N) is 3. The lowest BCUT2D eigenvalue weighted by atomic mass is 10.0. The number of carbonyl (C=O) groups excluding carboxylic acids is 2. The van der Waals surface area contributed by atoms with Gasteiger partial charge in [-0.05, 0) is 25.2 Å². The quantitative estimate of drug-likeness (QED) is 0.285. The molecule has 0 bridgehead atoms. The minimum absolute atomic E-state index is 0.00409. The molecule has 1 aliphatic rings. The van der Waals surface area contributed by atoms with Crippen LogP contribution in [0.5, 0.6) is 0 Å². The summed E-state index contributed by atoms with van der Waals surface area (Å²) >= 11 is 0. The second-order valence-electron chi connectivity index (χ2n) is 9.56. The van der Waals surface area contributed by atoms with E-state index in [2.05, 4.69) is 35.1 Å². The number of nitrogens with two attached hydrogens (primary N) is 1. The zero-order valence-corrected chi connectivity index (χ0v) is 21.9. The normalized spacial score (nSPS) is 13.9. The number of anilines is 2. The lowest BCUT2D eigenvalue weighted by Gasteiger charge is -2.32. The fourth-order valence-electron chi connectivity index (χ4n) is 4.29. The molecular weight excluding hydrogens is 498 g/mol. The number of aromatic nitrogens is 5. The number of carbonyl (C=O) groups is 2. The van der Waals surface area contributed by atoms with E-state index < -0.39 is 0 Å². The van der Waals surface area contributed by atoms with Gasteiger partial charge in [-0.25, -0.2) is 19.7 Å². The van der Waals surface area contributed by atoms with Gasteiger partial charge >= 0.3 is 6.03 Å². The Bertz CT molecular complexity index is 1570. The van der Waals surface area contributed by atoms with Crippen LogP contribution in [-0.4, -0.2) is 105 Å². The average molecular weight is 528 g/mol. The molecule has 1 fully saturated rings. The van der Waals surface area contributed by atoms with Crippen molar-refractivity contribution in [1.82, 2.24) is 39.6 Å². The van der Waals surface area contributed by atoms with Gasteiger partial charge in [0.05, 0.1) is 23.0 Å². The zero-order chi connectivity index (χ0) is 27.7. The van der Waals surface area contributed by atoms with E-state index in [0.717, 1.165) is 13.1 Å². The highest BCUT2D eigenvalue weighted by Crippen LogP contribution is 2.26. The Balaban J connectivity index is 1.41. The fourth-order valence-corrected chi connectivity index (χ4v) is 4.29. The second kappa shape index (κ2) is 10.5. The second-order valence-corrected chi connectivity index (χ2v) is 9.56. The van der Waals surface area contributed by atoms with Gasteiger partial charge < -0.3 is 30.7 Å². The number of rotatable bonds is 5. The van der Waals surface area contributed by atoms with E-state index in [1.165, 1.54) is 11.1 Å². The maximum atomic E-state index is 12.7. The van der Waals surface area contributed by atoms with Crippen molar-refractivity contribution in [2.24, 2.45) is 0 Å². The van der Waals surface area contributed by atoms with Crippen LogP contribution in [0, 0.1) is 5.41 Å². The predicted octanol–water partition coefficient (Wildman–Crippen LogP) is 1.89. The molecule has 200 valence electrons. The van der Waals surface area contributed by atoms with Crippen molar-refractivity contribution in [3.63, 3.8) is 0 Å². The first-order valence-electron chi connectivity index (χ1n) is 12.3. The molecule has 0 atom stereocenters. The van der Waals surface area contributed by atoms with E-state index in [1.54, 1.807) is 55.8 Å². The monoisotopic (exact) mass is 527 g/mol. The van der Waals surface area contributed by atoms with Gasteiger partial charge in [-0.2, -0.15) is 0 Å². The molecule has 1 saturated heterocycles. The molecule has 0 aliphatic carbocycles. The predicted molar refractivity (Wildman–Crippen MR) is 148 cm³/mol. The highest BCUT2D eigenvalue weighted by molar-refractivity contribution is 6.13. The van der Waals surface area contributed by atoms with Crippen LogP contribution in [-0.2, 0) is 0 Å². The van der Waals surface area contributed by atoms with Crippen LogP contribution in [0.3, 0.4) is 0 Å². The maximum absolute atomic E-state index is 12.7. The number of urea groups is 1. The first-order chi connectivity index (χ1) is 18.7. The Labute approximate surface area is 224 Å². The van der Waals surface area contributed by atoms with Crippen molar-refractivity contribution in [3.05, 3.63) is 59.9 Å². The van der Waals surface area contributed by atoms with E-state index in [4.69, 9.17) is 11.1 Å². The lowest BCUT2D eigenvalue weighted by Crippen LogP contribution is -2.48. The SMILES string of the molecule is CN1CCN(C(=O)Nc2cncc(-c3cnc(N)c(C(=N)c4nc5nccc(C(=O)N(C)C)c5[nH]4)c3)c2)CC1. The number of fused-ring (bicyclic) bond motifs is 1. The van der Waals surface area contributed by atoms with Crippen molar-refractivity contribution < 1.29 is 9.59 Å². The van der Waals surface area contributed by atoms with Crippen molar-refractivity contribution >= 4 is 40.3 Å². The molecule has 0 spiro atoms. The summed E-state index contributed by atoms with van der Waals surface area (Å²) in [6, 6.07) is 4.95. The molecule has 39 heavy (non-hydrogen) atoms. The number of amides is 3. The number of piperazine rings is 1. The lowest BCUT2D eigenvalue weighted by molar-refractivity contribution is 0.0829. The van der Waals surface area contributed by atoms with Crippen LogP contribution >= 0.6 is 0 Å². The molecule has 5 rings (SSSR count). The molecule has 4 aromatic rings. The number of imidazole rings is 1. The Morgan fingerprint density at radius 2 is 1.79 bits per heavy atom. The molecule has 5 N–H and O–H groups in total. The summed E-state index contributed by atoms with van der Waals surface area (Å²) in [6.45, 7) is 2.97. The molecule has 3 amide bonds.